The summed E-state index contributed by atoms with van der Waals surface area (Å²) in [5, 5.41) is 0. The predicted octanol–water partition coefficient (Wildman–Crippen LogP) is -0.290. The molecule has 121 heavy (non-hydrogen) atoms. The Morgan fingerprint density at radius 3 is 0.0909 bits per heavy atom. The van der Waals surface area contributed by atoms with Crippen molar-refractivity contribution in [3.05, 3.63) is 0 Å². The summed E-state index contributed by atoms with van der Waals surface area (Å²) >= 11 is 9.67. The molecule has 0 heterocycles. The van der Waals surface area contributed by atoms with Crippen LogP contribution in [0.25, 0.3) is 0 Å². The fourth-order valence-electron chi connectivity index (χ4n) is 1.33. The van der Waals surface area contributed by atoms with E-state index in [0.29, 0.717) is 0 Å². The van der Waals surface area contributed by atoms with Gasteiger partial charge in [-0.15, -0.1) is 0 Å². The van der Waals surface area contributed by atoms with Crippen LogP contribution in [0.3, 0.4) is 0 Å². The molecule has 0 aliphatic heterocycles. The van der Waals surface area contributed by atoms with E-state index >= 15 is 0 Å². The highest BCUT2D eigenvalue weighted by atomic mass is 33.6. The molecule has 0 bridgehead atoms. The molecule has 0 fully saturated rings. The van der Waals surface area contributed by atoms with Crippen molar-refractivity contribution in [1.82, 2.24) is 0 Å². The number of hydrogen-bond donors (Lipinski definition) is 0. The van der Waals surface area contributed by atoms with Gasteiger partial charge in [0.05, 0.1) is 0 Å². The molecule has 0 aliphatic carbocycles. The van der Waals surface area contributed by atoms with Gasteiger partial charge in [0.1, 0.15) is 0 Å². The van der Waals surface area contributed by atoms with E-state index in [1.165, 1.54) is 17.8 Å². The summed E-state index contributed by atoms with van der Waals surface area (Å²) in [6, 6.07) is 0. The van der Waals surface area contributed by atoms with Crippen LogP contribution < -0.4 is 0 Å². The van der Waals surface area contributed by atoms with Gasteiger partial charge in [-0.25, -0.2) is 0 Å². The summed E-state index contributed by atoms with van der Waals surface area (Å²) in [4.78, 5) is 0. The molecule has 0 saturated heterocycles. The van der Waals surface area contributed by atoms with Crippen molar-refractivity contribution in [2.24, 2.45) is 0 Å². The maximum absolute atomic E-state index is 4.83. The van der Waals surface area contributed by atoms with Gasteiger partial charge >= 0.3 is 0 Å². The first-order valence-electron chi connectivity index (χ1n) is 20.0. The third-order valence-corrected chi connectivity index (χ3v) is 265. The Balaban J connectivity index is 6.20. The van der Waals surface area contributed by atoms with Crippen LogP contribution in [0.15, 0.2) is 0 Å². The van der Waals surface area contributed by atoms with E-state index in [1.807, 2.05) is 932 Å². The Morgan fingerprint density at radius 1 is 0.0413 bits per heavy atom. The van der Waals surface area contributed by atoms with Gasteiger partial charge in [-0.1, -0.05) is 0 Å². The lowest BCUT2D eigenvalue weighted by Crippen LogP contribution is -1.42. The molecule has 0 saturated carbocycles. The van der Waals surface area contributed by atoms with Gasteiger partial charge < -0.3 is 0 Å². The van der Waals surface area contributed by atoms with Crippen LogP contribution in [0.1, 0.15) is 0 Å². The fourth-order valence-corrected chi connectivity index (χ4v) is 322. The predicted molar refractivity (Wildman–Crippen MR) is 891 cm³/mol. The molecule has 0 unspecified atom stereocenters. The molecule has 121 heteroatoms. The lowest BCUT2D eigenvalue weighted by Gasteiger charge is -1.41. The van der Waals surface area contributed by atoms with Crippen molar-refractivity contribution in [3.8, 4) is 0 Å². The molecule has 0 spiro atoms. The van der Waals surface area contributed by atoms with Gasteiger partial charge in [-0.05, 0) is 0 Å². The molecule has 0 N–H and O–H groups in total. The normalized spacial score (nSPS) is 7.90. The minimum absolute atomic E-state index is 1.37. The molecule has 0 amide bonds. The lowest BCUT2D eigenvalue weighted by molar-refractivity contribution is 5.95. The average molecular weight is 3880 g/mol. The van der Waals surface area contributed by atoms with Crippen LogP contribution in [0.5, 0.6) is 0 Å². The zero-order chi connectivity index (χ0) is 86.1. The second kappa shape index (κ2) is 147. The standard InChI is InChI=1S/S121/c1-3-5-7-9-11-13-15-17-19-21-23-25-27-29-31-33-35-37-39-41-43-45-47-49-51-53-55-57-59-61-63-65-67-69-71-73-75-77-79-81-83-85-87-89-91-93-95-97-99-101-103-105-107-109-111-113-115-117-119-121-120-118-116-114-112-110-108-106-104-102-100-98-96-94-92-90-88-86-84-82-80-78-76-74-72-70-68-66-64-62-60-58-56-54-52-50-48-46-44-42-40-38-36-34-32-30-28-26-24-22-20-18-16-14-12-10-8-6-4-2. The van der Waals surface area contributed by atoms with Gasteiger partial charge in [0.25, 0.3) is 0 Å². The zero-order valence-electron chi connectivity index (χ0n) is 49.4. The summed E-state index contributed by atoms with van der Waals surface area (Å²) < 4.78 is 0. The zero-order valence-corrected chi connectivity index (χ0v) is 148. The Morgan fingerprint density at radius 2 is 0.0661 bits per heavy atom. The van der Waals surface area contributed by atoms with Crippen molar-refractivity contribution < 1.29 is 0 Å². The average Bonchev–Trinajstić information content (AvgIpc) is 2.28. The van der Waals surface area contributed by atoms with E-state index in [4.69, 9.17) is 22.4 Å². The Kier molecular flexibility index (Phi) is 179. The quantitative estimate of drug-likeness (QED) is 0.328. The van der Waals surface area contributed by atoms with Crippen LogP contribution >= 0.6 is 0 Å². The van der Waals surface area contributed by atoms with Gasteiger partial charge in [-0.3, -0.25) is 0 Å². The molecule has 0 atom stereocenters. The molecule has 0 rings (SSSR count). The second-order valence-electron chi connectivity index (χ2n) is 8.10. The minimum Gasteiger partial charge on any atom is 0 e. The summed E-state index contributed by atoms with van der Waals surface area (Å²) in [7, 11) is 216. The van der Waals surface area contributed by atoms with Crippen LogP contribution in [0.4, 0.5) is 0 Å². The number of rotatable bonds is 0. The van der Waals surface area contributed by atoms with Crippen LogP contribution in [-0.2, 0) is 1080 Å². The topological polar surface area (TPSA) is 0 Å². The first-order chi connectivity index (χ1) is 60.4. The van der Waals surface area contributed by atoms with Gasteiger partial charge in [0.2, 0.25) is 0 Å². The van der Waals surface area contributed by atoms with Crippen molar-refractivity contribution in [2.45, 2.75) is 0 Å². The van der Waals surface area contributed by atoms with Gasteiger partial charge in [0.15, 0.2) is 0 Å². The fraction of sp³-hybridized carbons (Fsp3) is 0. The van der Waals surface area contributed by atoms with Crippen molar-refractivity contribution in [2.75, 3.05) is 0 Å². The van der Waals surface area contributed by atoms with E-state index in [2.05, 4.69) is 0 Å². The summed E-state index contributed by atoms with van der Waals surface area (Å²) in [6.07, 6.45) is 0. The molecule has 726 valence electrons. The molecule has 0 aromatic carbocycles. The van der Waals surface area contributed by atoms with Crippen LogP contribution in [0.2, 0.25) is 0 Å². The summed E-state index contributed by atoms with van der Waals surface area (Å²) in [5.41, 5.74) is 0. The monoisotopic (exact) mass is 3870 g/mol. The lowest BCUT2D eigenvalue weighted by atomic mass is 30.7. The van der Waals surface area contributed by atoms with Gasteiger partial charge in [-0.2, -0.15) is 0 Å². The third-order valence-electron chi connectivity index (χ3n) is 3.28. The molecule has 0 aromatic heterocycles. The highest BCUT2D eigenvalue weighted by Crippen LogP contribution is 1.53. The van der Waals surface area contributed by atoms with E-state index < -0.39 is 0 Å². The van der Waals surface area contributed by atoms with Crippen molar-refractivity contribution in [1.29, 1.82) is 0 Å². The Hall–Kier alpha value is 26.6. The molecule has 0 nitrogen and oxygen atoms in total. The second-order valence-corrected chi connectivity index (χ2v) is 219. The first-order valence-corrected chi connectivity index (χ1v) is 180. The van der Waals surface area contributed by atoms with Crippen LogP contribution in [-0.4, -0.2) is 0 Å². The summed E-state index contributed by atoms with van der Waals surface area (Å²) in [5.74, 6) is 0. The maximum atomic E-state index is 4.83. The van der Waals surface area contributed by atoms with Crippen molar-refractivity contribution in [3.63, 3.8) is 0 Å². The van der Waals surface area contributed by atoms with Crippen LogP contribution in [0, 0.1) is 0 Å². The first kappa shape index (κ1) is 148. The third kappa shape index (κ3) is 147. The van der Waals surface area contributed by atoms with E-state index in [9.17, 15) is 0 Å². The van der Waals surface area contributed by atoms with E-state index in [0.717, 1.165) is 0 Å². The molecule has 0 aliphatic rings. The molecular formula is S121. The molecular weight excluding hydrogens is 3880 g/mol. The Bertz CT molecular complexity index is 9080. The minimum atomic E-state index is 1.37. The summed E-state index contributed by atoms with van der Waals surface area (Å²) in [6.45, 7) is 0. The Labute approximate surface area is 1040 Å². The number of hydrogen-bond acceptors (Lipinski definition) is 2. The molecule has 0 aromatic rings. The highest BCUT2D eigenvalue weighted by molar-refractivity contribution is 8.89. The van der Waals surface area contributed by atoms with Gasteiger partial charge in [0, 0.05) is 1080 Å². The SMILES string of the molecule is S=S=S=S=S=S=S=S=S=S=S=S=S=S=S=S=S=S=S=S=S=S=S=S=S=S=S=S=S=S=S=S=S=S=S=S=S=S=S=S=S=S=S=S=S=S=S=S=S=S=S=S=S=S=S=S=S=S=S=S=S=S=S=S=S=S=S=S=S=S=S=S=S=S=S=S=S=S=S=S=S=S=S=S=S=S=S=S=S=S=S=S=S=S=S=S=S=S=S=S=S=S=S=S=S=S=S=S=S=S=S=S=S=S=S=S=S=S=S=S=S. The highest BCUT2D eigenvalue weighted by Gasteiger charge is 1.53. The van der Waals surface area contributed by atoms with E-state index in [1.54, 1.807) is 107 Å². The van der Waals surface area contributed by atoms with Crippen molar-refractivity contribution >= 4 is 1080 Å². The smallest absolute Gasteiger partial charge is 0 e. The largest absolute Gasteiger partial charge is 0 e. The van der Waals surface area contributed by atoms with E-state index in [-0.39, 0.29) is 0 Å². The molecule has 0 radical (unpaired) electrons. The maximum Gasteiger partial charge on any atom is 0 e.